The van der Waals surface area contributed by atoms with Crippen molar-refractivity contribution in [3.8, 4) is 0 Å². The molecule has 4 unspecified atom stereocenters. The Morgan fingerprint density at radius 2 is 2.25 bits per heavy atom. The molecule has 0 spiro atoms. The van der Waals surface area contributed by atoms with Crippen LogP contribution in [0.15, 0.2) is 0 Å². The standard InChI is InChI=1S/C11H16O/c1-11-5-4-9(12)10(11)7-2-3-8(11)6-7/h7-8,10H,2-6H2,1H3. The summed E-state index contributed by atoms with van der Waals surface area (Å²) in [6, 6.07) is 0. The van der Waals surface area contributed by atoms with E-state index in [9.17, 15) is 4.79 Å². The van der Waals surface area contributed by atoms with Crippen molar-refractivity contribution >= 4 is 5.78 Å². The van der Waals surface area contributed by atoms with Gasteiger partial charge in [-0.05, 0) is 42.9 Å². The minimum atomic E-state index is 0.444. The first-order chi connectivity index (χ1) is 5.72. The van der Waals surface area contributed by atoms with Crippen molar-refractivity contribution in [3.05, 3.63) is 0 Å². The molecule has 3 aliphatic rings. The maximum absolute atomic E-state index is 11.7. The average Bonchev–Trinajstić information content (AvgIpc) is 2.63. The van der Waals surface area contributed by atoms with Crippen LogP contribution in [-0.2, 0) is 4.79 Å². The topological polar surface area (TPSA) is 17.1 Å². The second-order valence-corrected chi connectivity index (χ2v) is 5.22. The van der Waals surface area contributed by atoms with Crippen molar-refractivity contribution in [1.82, 2.24) is 0 Å². The number of carbonyl (C=O) groups is 1. The van der Waals surface area contributed by atoms with E-state index in [0.717, 1.165) is 18.3 Å². The number of ketones is 1. The van der Waals surface area contributed by atoms with Crippen molar-refractivity contribution in [2.24, 2.45) is 23.2 Å². The summed E-state index contributed by atoms with van der Waals surface area (Å²) >= 11 is 0. The first-order valence-corrected chi connectivity index (χ1v) is 5.24. The highest BCUT2D eigenvalue weighted by molar-refractivity contribution is 5.85. The molecule has 4 atom stereocenters. The molecule has 3 rings (SSSR count). The molecule has 0 aliphatic heterocycles. The lowest BCUT2D eigenvalue weighted by molar-refractivity contribution is -0.123. The molecule has 0 aromatic rings. The van der Waals surface area contributed by atoms with Gasteiger partial charge in [0.2, 0.25) is 0 Å². The second-order valence-electron chi connectivity index (χ2n) is 5.22. The SMILES string of the molecule is CC12CCC(=O)C1C1CCC2C1. The lowest BCUT2D eigenvalue weighted by atomic mass is 9.69. The summed E-state index contributed by atoms with van der Waals surface area (Å²) in [4.78, 5) is 11.7. The zero-order valence-corrected chi connectivity index (χ0v) is 7.68. The minimum Gasteiger partial charge on any atom is -0.299 e. The number of Topliss-reactive ketones (excluding diaryl/α,β-unsaturated/α-hetero) is 1. The summed E-state index contributed by atoms with van der Waals surface area (Å²) in [6.07, 6.45) is 6.19. The van der Waals surface area contributed by atoms with Crippen LogP contribution in [0.4, 0.5) is 0 Å². The molecule has 0 amide bonds. The van der Waals surface area contributed by atoms with Gasteiger partial charge in [-0.3, -0.25) is 4.79 Å². The van der Waals surface area contributed by atoms with E-state index in [0.29, 0.717) is 17.1 Å². The Morgan fingerprint density at radius 1 is 1.42 bits per heavy atom. The van der Waals surface area contributed by atoms with Crippen molar-refractivity contribution in [3.63, 3.8) is 0 Å². The van der Waals surface area contributed by atoms with E-state index in [1.165, 1.54) is 25.7 Å². The number of rotatable bonds is 0. The third-order valence-corrected chi connectivity index (χ3v) is 4.84. The third kappa shape index (κ3) is 0.605. The summed E-state index contributed by atoms with van der Waals surface area (Å²) in [7, 11) is 0. The molecule has 0 heterocycles. The smallest absolute Gasteiger partial charge is 0.136 e. The van der Waals surface area contributed by atoms with Crippen molar-refractivity contribution in [1.29, 1.82) is 0 Å². The van der Waals surface area contributed by atoms with Gasteiger partial charge in [-0.2, -0.15) is 0 Å². The zero-order valence-electron chi connectivity index (χ0n) is 7.68. The van der Waals surface area contributed by atoms with Crippen LogP contribution >= 0.6 is 0 Å². The van der Waals surface area contributed by atoms with Crippen molar-refractivity contribution < 1.29 is 4.79 Å². The summed E-state index contributed by atoms with van der Waals surface area (Å²) in [6.45, 7) is 2.37. The van der Waals surface area contributed by atoms with Gasteiger partial charge in [-0.15, -0.1) is 0 Å². The predicted octanol–water partition coefficient (Wildman–Crippen LogP) is 2.40. The monoisotopic (exact) mass is 164 g/mol. The molecule has 0 aromatic carbocycles. The largest absolute Gasteiger partial charge is 0.299 e. The Bertz CT molecular complexity index is 245. The van der Waals surface area contributed by atoms with E-state index in [-0.39, 0.29) is 0 Å². The minimum absolute atomic E-state index is 0.444. The van der Waals surface area contributed by atoms with Gasteiger partial charge < -0.3 is 0 Å². The van der Waals surface area contributed by atoms with Crippen LogP contribution in [0.25, 0.3) is 0 Å². The molecular formula is C11H16O. The normalized spacial score (nSPS) is 56.4. The lowest BCUT2D eigenvalue weighted by Gasteiger charge is -2.34. The Balaban J connectivity index is 2.05. The fourth-order valence-electron chi connectivity index (χ4n) is 4.25. The number of hydrogen-bond acceptors (Lipinski definition) is 1. The Morgan fingerprint density at radius 3 is 3.00 bits per heavy atom. The maximum Gasteiger partial charge on any atom is 0.136 e. The fourth-order valence-corrected chi connectivity index (χ4v) is 4.25. The highest BCUT2D eigenvalue weighted by Gasteiger charge is 2.60. The van der Waals surface area contributed by atoms with Crippen LogP contribution in [-0.4, -0.2) is 5.78 Å². The van der Waals surface area contributed by atoms with Crippen LogP contribution in [0.1, 0.15) is 39.0 Å². The molecule has 12 heavy (non-hydrogen) atoms. The molecule has 1 heteroatoms. The number of hydrogen-bond donors (Lipinski definition) is 0. The third-order valence-electron chi connectivity index (χ3n) is 4.84. The first-order valence-electron chi connectivity index (χ1n) is 5.24. The van der Waals surface area contributed by atoms with Gasteiger partial charge in [0, 0.05) is 12.3 Å². The first kappa shape index (κ1) is 7.11. The van der Waals surface area contributed by atoms with Gasteiger partial charge in [0.1, 0.15) is 5.78 Å². The number of carbonyl (C=O) groups excluding carboxylic acids is 1. The Hall–Kier alpha value is -0.330. The molecule has 1 nitrogen and oxygen atoms in total. The Labute approximate surface area is 73.5 Å². The van der Waals surface area contributed by atoms with E-state index < -0.39 is 0 Å². The van der Waals surface area contributed by atoms with Gasteiger partial charge in [0.25, 0.3) is 0 Å². The summed E-state index contributed by atoms with van der Waals surface area (Å²) < 4.78 is 0. The molecule has 0 radical (unpaired) electrons. The lowest BCUT2D eigenvalue weighted by Crippen LogP contribution is -2.31. The predicted molar refractivity (Wildman–Crippen MR) is 46.7 cm³/mol. The molecule has 0 saturated heterocycles. The highest BCUT2D eigenvalue weighted by atomic mass is 16.1. The number of fused-ring (bicyclic) bond motifs is 5. The van der Waals surface area contributed by atoms with E-state index in [1.807, 2.05) is 0 Å². The van der Waals surface area contributed by atoms with E-state index in [2.05, 4.69) is 6.92 Å². The molecule has 0 N–H and O–H groups in total. The van der Waals surface area contributed by atoms with Crippen LogP contribution in [0.5, 0.6) is 0 Å². The van der Waals surface area contributed by atoms with Crippen molar-refractivity contribution in [2.75, 3.05) is 0 Å². The van der Waals surface area contributed by atoms with E-state index in [4.69, 9.17) is 0 Å². The molecule has 3 aliphatic carbocycles. The van der Waals surface area contributed by atoms with E-state index in [1.54, 1.807) is 0 Å². The molecule has 0 aromatic heterocycles. The summed E-state index contributed by atoms with van der Waals surface area (Å²) in [5.41, 5.74) is 0.444. The zero-order chi connectivity index (χ0) is 8.34. The van der Waals surface area contributed by atoms with E-state index >= 15 is 0 Å². The molecular weight excluding hydrogens is 148 g/mol. The molecule has 66 valence electrons. The van der Waals surface area contributed by atoms with Crippen LogP contribution < -0.4 is 0 Å². The average molecular weight is 164 g/mol. The van der Waals surface area contributed by atoms with Crippen LogP contribution in [0.2, 0.25) is 0 Å². The van der Waals surface area contributed by atoms with Gasteiger partial charge >= 0.3 is 0 Å². The van der Waals surface area contributed by atoms with Gasteiger partial charge in [0.05, 0.1) is 0 Å². The molecule has 3 fully saturated rings. The van der Waals surface area contributed by atoms with Crippen LogP contribution in [0, 0.1) is 23.2 Å². The maximum atomic E-state index is 11.7. The molecule has 2 bridgehead atoms. The highest BCUT2D eigenvalue weighted by Crippen LogP contribution is 2.64. The molecule has 3 saturated carbocycles. The van der Waals surface area contributed by atoms with Gasteiger partial charge in [0.15, 0.2) is 0 Å². The second kappa shape index (κ2) is 1.94. The van der Waals surface area contributed by atoms with Gasteiger partial charge in [-0.1, -0.05) is 6.92 Å². The Kier molecular flexibility index (Phi) is 1.15. The van der Waals surface area contributed by atoms with Crippen molar-refractivity contribution in [2.45, 2.75) is 39.0 Å². The summed E-state index contributed by atoms with van der Waals surface area (Å²) in [5.74, 6) is 2.76. The van der Waals surface area contributed by atoms with Crippen LogP contribution in [0.3, 0.4) is 0 Å². The van der Waals surface area contributed by atoms with Gasteiger partial charge in [-0.25, -0.2) is 0 Å². The fraction of sp³-hybridized carbons (Fsp3) is 0.909. The summed E-state index contributed by atoms with van der Waals surface area (Å²) in [5, 5.41) is 0. The quantitative estimate of drug-likeness (QED) is 0.537.